The van der Waals surface area contributed by atoms with Crippen molar-refractivity contribution in [2.75, 3.05) is 23.3 Å². The molecule has 136 valence electrons. The Balaban J connectivity index is 1.61. The quantitative estimate of drug-likeness (QED) is 0.875. The highest BCUT2D eigenvalue weighted by molar-refractivity contribution is 6.09. The predicted octanol–water partition coefficient (Wildman–Crippen LogP) is 4.08. The SMILES string of the molecule is Cc1c(C(=O)Nc2ccccc2N2CCCCC2)[nH]c2c1C(=O)CCC2. The van der Waals surface area contributed by atoms with E-state index in [0.717, 1.165) is 54.1 Å². The first-order valence-corrected chi connectivity index (χ1v) is 9.55. The van der Waals surface area contributed by atoms with E-state index in [1.165, 1.54) is 19.3 Å². The molecule has 0 radical (unpaired) electrons. The minimum absolute atomic E-state index is 0.146. The Hall–Kier alpha value is -2.56. The van der Waals surface area contributed by atoms with Crippen LogP contribution in [0.1, 0.15) is 64.2 Å². The van der Waals surface area contributed by atoms with Gasteiger partial charge >= 0.3 is 0 Å². The number of benzene rings is 1. The Bertz CT molecular complexity index is 847. The molecule has 1 fully saturated rings. The molecule has 2 aromatic rings. The van der Waals surface area contributed by atoms with Gasteiger partial charge in [-0.2, -0.15) is 0 Å². The molecule has 1 saturated heterocycles. The lowest BCUT2D eigenvalue weighted by atomic mass is 9.94. The average Bonchev–Trinajstić information content (AvgIpc) is 3.01. The maximum atomic E-state index is 12.9. The number of aromatic nitrogens is 1. The van der Waals surface area contributed by atoms with Gasteiger partial charge in [0.15, 0.2) is 5.78 Å². The second kappa shape index (κ2) is 6.98. The van der Waals surface area contributed by atoms with Gasteiger partial charge in [0, 0.05) is 30.8 Å². The van der Waals surface area contributed by atoms with Crippen molar-refractivity contribution in [1.29, 1.82) is 0 Å². The van der Waals surface area contributed by atoms with Gasteiger partial charge in [-0.1, -0.05) is 12.1 Å². The summed E-state index contributed by atoms with van der Waals surface area (Å²) >= 11 is 0. The van der Waals surface area contributed by atoms with E-state index in [1.54, 1.807) is 0 Å². The number of hydrogen-bond acceptors (Lipinski definition) is 3. The third kappa shape index (κ3) is 3.02. The molecule has 5 heteroatoms. The minimum atomic E-state index is -0.172. The summed E-state index contributed by atoms with van der Waals surface area (Å²) in [5, 5.41) is 3.07. The van der Waals surface area contributed by atoms with Crippen LogP contribution in [0.5, 0.6) is 0 Å². The molecule has 2 N–H and O–H groups in total. The molecular weight excluding hydrogens is 326 g/mol. The Morgan fingerprint density at radius 1 is 1.08 bits per heavy atom. The lowest BCUT2D eigenvalue weighted by Gasteiger charge is -2.30. The molecule has 1 amide bonds. The number of rotatable bonds is 3. The van der Waals surface area contributed by atoms with Gasteiger partial charge in [-0.3, -0.25) is 9.59 Å². The molecule has 26 heavy (non-hydrogen) atoms. The number of para-hydroxylation sites is 2. The maximum absolute atomic E-state index is 12.9. The molecule has 5 nitrogen and oxygen atoms in total. The number of hydrogen-bond donors (Lipinski definition) is 2. The van der Waals surface area contributed by atoms with E-state index >= 15 is 0 Å². The van der Waals surface area contributed by atoms with Crippen molar-refractivity contribution >= 4 is 23.1 Å². The van der Waals surface area contributed by atoms with Crippen LogP contribution >= 0.6 is 0 Å². The fourth-order valence-electron chi connectivity index (χ4n) is 4.18. The number of carbonyl (C=O) groups excluding carboxylic acids is 2. The van der Waals surface area contributed by atoms with Crippen LogP contribution in [0.25, 0.3) is 0 Å². The van der Waals surface area contributed by atoms with Crippen LogP contribution in [0.3, 0.4) is 0 Å². The molecule has 0 bridgehead atoms. The predicted molar refractivity (Wildman–Crippen MR) is 103 cm³/mol. The Morgan fingerprint density at radius 3 is 2.62 bits per heavy atom. The molecule has 2 heterocycles. The number of nitrogens with one attached hydrogen (secondary N) is 2. The number of anilines is 2. The number of Topliss-reactive ketones (excluding diaryl/α,β-unsaturated/α-hetero) is 1. The smallest absolute Gasteiger partial charge is 0.272 e. The number of aromatic amines is 1. The highest BCUT2D eigenvalue weighted by atomic mass is 16.2. The summed E-state index contributed by atoms with van der Waals surface area (Å²) in [5.41, 5.74) is 4.83. The van der Waals surface area contributed by atoms with Gasteiger partial charge in [0.25, 0.3) is 5.91 Å². The van der Waals surface area contributed by atoms with Crippen LogP contribution in [0.2, 0.25) is 0 Å². The zero-order chi connectivity index (χ0) is 18.1. The first-order chi connectivity index (χ1) is 12.6. The molecule has 0 atom stereocenters. The zero-order valence-electron chi connectivity index (χ0n) is 15.2. The number of H-pyrrole nitrogens is 1. The standard InChI is InChI=1S/C21H25N3O2/c1-14-19-16(9-7-11-18(19)25)22-20(14)21(26)23-15-8-3-4-10-17(15)24-12-5-2-6-13-24/h3-4,8,10,22H,2,5-7,9,11-13H2,1H3,(H,23,26). The van der Waals surface area contributed by atoms with Gasteiger partial charge in [-0.15, -0.1) is 0 Å². The highest BCUT2D eigenvalue weighted by Gasteiger charge is 2.26. The van der Waals surface area contributed by atoms with E-state index < -0.39 is 0 Å². The third-order valence-electron chi connectivity index (χ3n) is 5.51. The second-order valence-electron chi connectivity index (χ2n) is 7.27. The molecule has 1 aromatic carbocycles. The number of carbonyl (C=O) groups is 2. The van der Waals surface area contributed by atoms with Crippen LogP contribution in [0.4, 0.5) is 11.4 Å². The second-order valence-corrected chi connectivity index (χ2v) is 7.27. The number of ketones is 1. The summed E-state index contributed by atoms with van der Waals surface area (Å²) in [6, 6.07) is 7.97. The highest BCUT2D eigenvalue weighted by Crippen LogP contribution is 2.30. The van der Waals surface area contributed by atoms with Gasteiger partial charge < -0.3 is 15.2 Å². The molecule has 0 unspecified atom stereocenters. The number of nitrogens with zero attached hydrogens (tertiary/aromatic N) is 1. The summed E-state index contributed by atoms with van der Waals surface area (Å²) in [6.07, 6.45) is 5.90. The van der Waals surface area contributed by atoms with Crippen LogP contribution in [-0.4, -0.2) is 29.8 Å². The average molecular weight is 351 g/mol. The fourth-order valence-corrected chi connectivity index (χ4v) is 4.18. The number of amides is 1. The Kier molecular flexibility index (Phi) is 4.53. The van der Waals surface area contributed by atoms with Crippen LogP contribution in [-0.2, 0) is 6.42 Å². The normalized spacial score (nSPS) is 17.1. The summed E-state index contributed by atoms with van der Waals surface area (Å²) in [4.78, 5) is 30.7. The molecule has 4 rings (SSSR count). The van der Waals surface area contributed by atoms with E-state index in [1.807, 2.05) is 25.1 Å². The summed E-state index contributed by atoms with van der Waals surface area (Å²) < 4.78 is 0. The van der Waals surface area contributed by atoms with Crippen LogP contribution in [0, 0.1) is 6.92 Å². The van der Waals surface area contributed by atoms with Crippen molar-refractivity contribution in [3.05, 3.63) is 46.8 Å². The van der Waals surface area contributed by atoms with Gasteiger partial charge in [-0.05, 0) is 56.7 Å². The van der Waals surface area contributed by atoms with Gasteiger partial charge in [0.05, 0.1) is 11.4 Å². The van der Waals surface area contributed by atoms with E-state index in [4.69, 9.17) is 0 Å². The van der Waals surface area contributed by atoms with E-state index in [2.05, 4.69) is 21.3 Å². The summed E-state index contributed by atoms with van der Waals surface area (Å²) in [7, 11) is 0. The van der Waals surface area contributed by atoms with E-state index in [-0.39, 0.29) is 11.7 Å². The van der Waals surface area contributed by atoms with E-state index in [0.29, 0.717) is 12.1 Å². The van der Waals surface area contributed by atoms with Crippen LogP contribution < -0.4 is 10.2 Å². The summed E-state index contributed by atoms with van der Waals surface area (Å²) in [6.45, 7) is 3.92. The molecule has 0 spiro atoms. The van der Waals surface area contributed by atoms with Crippen molar-refractivity contribution in [3.8, 4) is 0 Å². The van der Waals surface area contributed by atoms with Crippen molar-refractivity contribution in [3.63, 3.8) is 0 Å². The number of fused-ring (bicyclic) bond motifs is 1. The molecule has 1 aromatic heterocycles. The Morgan fingerprint density at radius 2 is 1.85 bits per heavy atom. The summed E-state index contributed by atoms with van der Waals surface area (Å²) in [5.74, 6) is -0.0260. The van der Waals surface area contributed by atoms with Gasteiger partial charge in [0.2, 0.25) is 0 Å². The molecule has 2 aliphatic rings. The lowest BCUT2D eigenvalue weighted by molar-refractivity contribution is 0.0971. The molecule has 1 aliphatic heterocycles. The fraction of sp³-hybridized carbons (Fsp3) is 0.429. The molecular formula is C21H25N3O2. The first-order valence-electron chi connectivity index (χ1n) is 9.55. The zero-order valence-corrected chi connectivity index (χ0v) is 15.2. The first kappa shape index (κ1) is 16.9. The molecule has 0 saturated carbocycles. The number of aryl methyl sites for hydroxylation is 1. The van der Waals surface area contributed by atoms with Crippen molar-refractivity contribution in [2.45, 2.75) is 45.4 Å². The van der Waals surface area contributed by atoms with Crippen molar-refractivity contribution < 1.29 is 9.59 Å². The topological polar surface area (TPSA) is 65.2 Å². The minimum Gasteiger partial charge on any atom is -0.370 e. The largest absolute Gasteiger partial charge is 0.370 e. The monoisotopic (exact) mass is 351 g/mol. The van der Waals surface area contributed by atoms with Crippen LogP contribution in [0.15, 0.2) is 24.3 Å². The van der Waals surface area contributed by atoms with Gasteiger partial charge in [-0.25, -0.2) is 0 Å². The maximum Gasteiger partial charge on any atom is 0.272 e. The van der Waals surface area contributed by atoms with Crippen molar-refractivity contribution in [1.82, 2.24) is 4.98 Å². The third-order valence-corrected chi connectivity index (χ3v) is 5.51. The van der Waals surface area contributed by atoms with E-state index in [9.17, 15) is 9.59 Å². The lowest BCUT2D eigenvalue weighted by Crippen LogP contribution is -2.30. The Labute approximate surface area is 153 Å². The molecule has 1 aliphatic carbocycles. The number of piperidine rings is 1. The van der Waals surface area contributed by atoms with Gasteiger partial charge in [0.1, 0.15) is 5.69 Å². The van der Waals surface area contributed by atoms with Crippen molar-refractivity contribution in [2.24, 2.45) is 0 Å².